The number of aromatic nitrogens is 2. The third kappa shape index (κ3) is 4.28. The van der Waals surface area contributed by atoms with Crippen molar-refractivity contribution in [3.05, 3.63) is 76.3 Å². The van der Waals surface area contributed by atoms with E-state index in [4.69, 9.17) is 11.6 Å². The normalized spacial score (nSPS) is 18.2. The van der Waals surface area contributed by atoms with Gasteiger partial charge >= 0.3 is 0 Å². The number of aromatic amines is 1. The summed E-state index contributed by atoms with van der Waals surface area (Å²) in [5.74, 6) is 0.500. The van der Waals surface area contributed by atoms with Gasteiger partial charge < -0.3 is 20.5 Å². The maximum atomic E-state index is 13.2. The minimum Gasteiger partial charge on any atom is -0.382 e. The molecule has 33 heavy (non-hydrogen) atoms. The molecule has 3 heterocycles. The van der Waals surface area contributed by atoms with E-state index in [0.717, 1.165) is 66.1 Å². The van der Waals surface area contributed by atoms with Gasteiger partial charge in [-0.05, 0) is 61.7 Å². The van der Waals surface area contributed by atoms with E-state index in [1.165, 1.54) is 0 Å². The van der Waals surface area contributed by atoms with Gasteiger partial charge in [0, 0.05) is 59.1 Å². The number of fused-ring (bicyclic) bond motifs is 1. The highest BCUT2D eigenvalue weighted by atomic mass is 35.5. The molecule has 6 nitrogen and oxygen atoms in total. The fourth-order valence-corrected chi connectivity index (χ4v) is 4.86. The first-order valence-corrected chi connectivity index (χ1v) is 11.9. The second kappa shape index (κ2) is 9.04. The SMILES string of the molecule is CCN1CCC(Nc2ccc3c(c2)/C(=C(\c2ccc(C)c(Cl)c2)c2ncc[nH]2)C(=O)N3)CC1. The summed E-state index contributed by atoms with van der Waals surface area (Å²) >= 11 is 6.45. The molecule has 3 N–H and O–H groups in total. The lowest BCUT2D eigenvalue weighted by Crippen LogP contribution is -2.38. The molecular formula is C26H28ClN5O. The Morgan fingerprint density at radius 1 is 1.21 bits per heavy atom. The van der Waals surface area contributed by atoms with Gasteiger partial charge in [0.25, 0.3) is 5.91 Å². The Labute approximate surface area is 199 Å². The number of carbonyl (C=O) groups is 1. The average Bonchev–Trinajstić information content (AvgIpc) is 3.45. The predicted molar refractivity (Wildman–Crippen MR) is 135 cm³/mol. The van der Waals surface area contributed by atoms with Crippen molar-refractivity contribution in [2.45, 2.75) is 32.7 Å². The zero-order valence-corrected chi connectivity index (χ0v) is 19.7. The Hall–Kier alpha value is -3.09. The van der Waals surface area contributed by atoms with Gasteiger partial charge in [-0.1, -0.05) is 30.7 Å². The number of rotatable bonds is 5. The highest BCUT2D eigenvalue weighted by Gasteiger charge is 2.30. The number of likely N-dealkylation sites (tertiary alicyclic amines) is 1. The Kier molecular flexibility index (Phi) is 5.96. The van der Waals surface area contributed by atoms with Crippen molar-refractivity contribution in [1.29, 1.82) is 0 Å². The Balaban J connectivity index is 1.56. The Morgan fingerprint density at radius 3 is 2.73 bits per heavy atom. The van der Waals surface area contributed by atoms with Crippen LogP contribution in [0.4, 0.5) is 11.4 Å². The minimum absolute atomic E-state index is 0.137. The lowest BCUT2D eigenvalue weighted by atomic mass is 9.93. The second-order valence-electron chi connectivity index (χ2n) is 8.72. The van der Waals surface area contributed by atoms with Crippen molar-refractivity contribution in [2.24, 2.45) is 0 Å². The maximum Gasteiger partial charge on any atom is 0.257 e. The molecule has 1 amide bonds. The number of carbonyl (C=O) groups excluding carboxylic acids is 1. The van der Waals surface area contributed by atoms with Crippen LogP contribution in [0.25, 0.3) is 11.1 Å². The van der Waals surface area contributed by atoms with Gasteiger partial charge in [-0.2, -0.15) is 0 Å². The first-order valence-electron chi connectivity index (χ1n) is 11.5. The van der Waals surface area contributed by atoms with Crippen molar-refractivity contribution < 1.29 is 4.79 Å². The molecule has 0 saturated carbocycles. The molecule has 0 aliphatic carbocycles. The topological polar surface area (TPSA) is 73.0 Å². The molecule has 170 valence electrons. The zero-order chi connectivity index (χ0) is 22.9. The second-order valence-corrected chi connectivity index (χ2v) is 9.13. The van der Waals surface area contributed by atoms with Crippen molar-refractivity contribution in [1.82, 2.24) is 14.9 Å². The number of H-pyrrole nitrogens is 1. The number of piperidine rings is 1. The van der Waals surface area contributed by atoms with Crippen molar-refractivity contribution in [3.8, 4) is 0 Å². The largest absolute Gasteiger partial charge is 0.382 e. The minimum atomic E-state index is -0.137. The number of nitrogens with zero attached hydrogens (tertiary/aromatic N) is 2. The summed E-state index contributed by atoms with van der Waals surface area (Å²) in [6.07, 6.45) is 5.69. The van der Waals surface area contributed by atoms with Gasteiger partial charge in [-0.25, -0.2) is 4.98 Å². The summed E-state index contributed by atoms with van der Waals surface area (Å²) in [5, 5.41) is 7.37. The summed E-state index contributed by atoms with van der Waals surface area (Å²) in [6, 6.07) is 12.4. The van der Waals surface area contributed by atoms with E-state index >= 15 is 0 Å². The molecule has 2 aromatic carbocycles. The number of hydrogen-bond acceptors (Lipinski definition) is 4. The summed E-state index contributed by atoms with van der Waals surface area (Å²) in [5.41, 5.74) is 5.89. The average molecular weight is 462 g/mol. The highest BCUT2D eigenvalue weighted by molar-refractivity contribution is 6.38. The van der Waals surface area contributed by atoms with E-state index in [2.05, 4.69) is 38.5 Å². The van der Waals surface area contributed by atoms with Crippen LogP contribution in [0.2, 0.25) is 5.02 Å². The fraction of sp³-hybridized carbons (Fsp3) is 0.308. The molecule has 0 unspecified atom stereocenters. The molecule has 1 fully saturated rings. The summed E-state index contributed by atoms with van der Waals surface area (Å²) in [6.45, 7) is 7.50. The lowest BCUT2D eigenvalue weighted by molar-refractivity contribution is -0.110. The molecule has 0 bridgehead atoms. The van der Waals surface area contributed by atoms with E-state index in [1.54, 1.807) is 12.4 Å². The van der Waals surface area contributed by atoms with Crippen LogP contribution in [0.15, 0.2) is 48.8 Å². The van der Waals surface area contributed by atoms with Crippen molar-refractivity contribution >= 4 is 40.0 Å². The zero-order valence-electron chi connectivity index (χ0n) is 18.9. The van der Waals surface area contributed by atoms with Crippen LogP contribution >= 0.6 is 11.6 Å². The smallest absolute Gasteiger partial charge is 0.257 e. The van der Waals surface area contributed by atoms with Gasteiger partial charge in [0.1, 0.15) is 5.82 Å². The number of nitrogens with one attached hydrogen (secondary N) is 3. The van der Waals surface area contributed by atoms with Crippen LogP contribution in [0.1, 0.15) is 42.3 Å². The van der Waals surface area contributed by atoms with Crippen molar-refractivity contribution in [3.63, 3.8) is 0 Å². The number of amides is 1. The third-order valence-corrected chi connectivity index (χ3v) is 7.02. The Bertz CT molecular complexity index is 1210. The standard InChI is InChI=1S/C26H28ClN5O/c1-3-32-12-8-18(9-13-32)30-19-6-7-22-20(15-19)24(26(33)31-22)23(25-28-10-11-29-25)17-5-4-16(2)21(27)14-17/h4-7,10-11,14-15,18,30H,3,8-9,12-13H2,1-2H3,(H,28,29)(H,31,33)/b24-23-. The first kappa shape index (κ1) is 21.7. The molecule has 1 aromatic heterocycles. The van der Waals surface area contributed by atoms with Gasteiger partial charge in [-0.3, -0.25) is 4.79 Å². The molecule has 0 atom stereocenters. The molecule has 3 aromatic rings. The molecule has 0 radical (unpaired) electrons. The van der Waals surface area contributed by atoms with Crippen LogP contribution in [0.5, 0.6) is 0 Å². The van der Waals surface area contributed by atoms with Gasteiger partial charge in [0.2, 0.25) is 0 Å². The number of halogens is 1. The maximum absolute atomic E-state index is 13.2. The predicted octanol–water partition coefficient (Wildman–Crippen LogP) is 5.18. The van der Waals surface area contributed by atoms with Crippen molar-refractivity contribution in [2.75, 3.05) is 30.3 Å². The van der Waals surface area contributed by atoms with Gasteiger partial charge in [0.05, 0.1) is 5.57 Å². The van der Waals surface area contributed by atoms with Crippen LogP contribution in [-0.2, 0) is 4.79 Å². The molecule has 2 aliphatic heterocycles. The number of imidazole rings is 1. The van der Waals surface area contributed by atoms with E-state index < -0.39 is 0 Å². The first-order chi connectivity index (χ1) is 16.0. The number of anilines is 2. The van der Waals surface area contributed by atoms with Crippen LogP contribution < -0.4 is 10.6 Å². The van der Waals surface area contributed by atoms with E-state index in [-0.39, 0.29) is 5.91 Å². The highest BCUT2D eigenvalue weighted by Crippen LogP contribution is 2.41. The van der Waals surface area contributed by atoms with Crippen LogP contribution in [-0.4, -0.2) is 46.5 Å². The molecular weight excluding hydrogens is 434 g/mol. The number of hydrogen-bond donors (Lipinski definition) is 3. The monoisotopic (exact) mass is 461 g/mol. The quantitative estimate of drug-likeness (QED) is 0.458. The van der Waals surface area contributed by atoms with Crippen LogP contribution in [0.3, 0.4) is 0 Å². The Morgan fingerprint density at radius 2 is 2.03 bits per heavy atom. The van der Waals surface area contributed by atoms with E-state index in [0.29, 0.717) is 22.5 Å². The summed E-state index contributed by atoms with van der Waals surface area (Å²) < 4.78 is 0. The molecule has 1 saturated heterocycles. The lowest BCUT2D eigenvalue weighted by Gasteiger charge is -2.32. The number of benzene rings is 2. The summed E-state index contributed by atoms with van der Waals surface area (Å²) in [7, 11) is 0. The third-order valence-electron chi connectivity index (χ3n) is 6.62. The van der Waals surface area contributed by atoms with Crippen LogP contribution in [0, 0.1) is 6.92 Å². The number of aryl methyl sites for hydroxylation is 1. The molecule has 7 heteroatoms. The summed E-state index contributed by atoms with van der Waals surface area (Å²) in [4.78, 5) is 23.3. The molecule has 2 aliphatic rings. The fourth-order valence-electron chi connectivity index (χ4n) is 4.68. The van der Waals surface area contributed by atoms with Gasteiger partial charge in [-0.15, -0.1) is 0 Å². The van der Waals surface area contributed by atoms with E-state index in [1.807, 2.05) is 37.3 Å². The van der Waals surface area contributed by atoms with Gasteiger partial charge in [0.15, 0.2) is 0 Å². The molecule has 0 spiro atoms. The van der Waals surface area contributed by atoms with E-state index in [9.17, 15) is 4.79 Å². The molecule has 5 rings (SSSR count).